The summed E-state index contributed by atoms with van der Waals surface area (Å²) in [6.45, 7) is 1.06. The van der Waals surface area contributed by atoms with Crippen molar-refractivity contribution in [2.45, 2.75) is 99.5 Å². The van der Waals surface area contributed by atoms with Crippen molar-refractivity contribution in [1.82, 2.24) is 15.5 Å². The zero-order valence-corrected chi connectivity index (χ0v) is 25.1. The number of amidine groups is 1. The molecule has 4 rings (SSSR count). The maximum absolute atomic E-state index is 12.2. The molecule has 1 saturated carbocycles. The molecular weight excluding hydrogens is 592 g/mol. The van der Waals surface area contributed by atoms with Crippen LogP contribution < -0.4 is 10.6 Å². The lowest BCUT2D eigenvalue weighted by Gasteiger charge is -2.48. The quantitative estimate of drug-likeness (QED) is 0.111. The molecule has 1 aliphatic carbocycles. The number of hydrogen-bond acceptors (Lipinski definition) is 16. The highest BCUT2D eigenvalue weighted by Crippen LogP contribution is 2.39. The number of aliphatic hydroxyl groups excluding tert-OH is 6. The predicted octanol–water partition coefficient (Wildman–Crippen LogP) is -5.39. The van der Waals surface area contributed by atoms with E-state index in [0.29, 0.717) is 0 Å². The van der Waals surface area contributed by atoms with Gasteiger partial charge in [-0.05, 0) is 0 Å². The van der Waals surface area contributed by atoms with E-state index in [4.69, 9.17) is 28.4 Å². The molecule has 18 nitrogen and oxygen atoms in total. The first kappa shape index (κ1) is 34.6. The summed E-state index contributed by atoms with van der Waals surface area (Å²) in [6, 6.07) is -3.11. The first-order chi connectivity index (χ1) is 20.8. The van der Waals surface area contributed by atoms with E-state index in [1.54, 1.807) is 19.0 Å². The zero-order chi connectivity index (χ0) is 32.5. The number of ether oxygens (including phenoxy) is 6. The molecule has 44 heavy (non-hydrogen) atoms. The zero-order valence-electron chi connectivity index (χ0n) is 25.1. The fraction of sp³-hybridized carbons (Fsp3) is 0.885. The van der Waals surface area contributed by atoms with Crippen LogP contribution in [0.2, 0.25) is 0 Å². The van der Waals surface area contributed by atoms with Gasteiger partial charge < -0.3 is 74.6 Å². The van der Waals surface area contributed by atoms with Crippen molar-refractivity contribution in [3.63, 3.8) is 0 Å². The Balaban J connectivity index is 1.57. The van der Waals surface area contributed by atoms with Crippen LogP contribution in [0.1, 0.15) is 13.8 Å². The summed E-state index contributed by atoms with van der Waals surface area (Å²) in [4.78, 5) is 30.1. The molecule has 8 N–H and O–H groups in total. The third kappa shape index (κ3) is 6.95. The van der Waals surface area contributed by atoms with Crippen molar-refractivity contribution in [3.8, 4) is 0 Å². The Labute approximate surface area is 253 Å². The van der Waals surface area contributed by atoms with E-state index < -0.39 is 117 Å². The molecule has 0 aromatic carbocycles. The highest BCUT2D eigenvalue weighted by atomic mass is 16.7. The minimum Gasteiger partial charge on any atom is -0.459 e. The molecule has 0 spiro atoms. The van der Waals surface area contributed by atoms with Crippen molar-refractivity contribution >= 4 is 17.8 Å². The van der Waals surface area contributed by atoms with Gasteiger partial charge in [-0.25, -0.2) is 4.99 Å². The average Bonchev–Trinajstić information content (AvgIpc) is 3.50. The van der Waals surface area contributed by atoms with Gasteiger partial charge in [-0.1, -0.05) is 0 Å². The van der Waals surface area contributed by atoms with Crippen LogP contribution in [0.5, 0.6) is 0 Å². The highest BCUT2D eigenvalue weighted by molar-refractivity contribution is 5.76. The molecule has 15 atom stereocenters. The van der Waals surface area contributed by atoms with Gasteiger partial charge in [-0.15, -0.1) is 0 Å². The van der Waals surface area contributed by atoms with E-state index in [-0.39, 0.29) is 12.6 Å². The van der Waals surface area contributed by atoms with Crippen LogP contribution in [0.3, 0.4) is 0 Å². The van der Waals surface area contributed by atoms with E-state index in [1.165, 1.54) is 21.0 Å². The van der Waals surface area contributed by atoms with Gasteiger partial charge in [0, 0.05) is 35.1 Å². The number of aliphatic imine (C=N–C) groups is 1. The number of carbonyl (C=O) groups is 2. The lowest BCUT2D eigenvalue weighted by Crippen LogP contribution is -2.69. The summed E-state index contributed by atoms with van der Waals surface area (Å²) in [5.74, 6) is -1.92. The number of hydrogen-bond donors (Lipinski definition) is 8. The third-order valence-electron chi connectivity index (χ3n) is 8.17. The molecule has 0 bridgehead atoms. The number of fused-ring (bicyclic) bond motifs is 1. The van der Waals surface area contributed by atoms with Crippen molar-refractivity contribution < 1.29 is 68.6 Å². The van der Waals surface area contributed by atoms with Crippen LogP contribution in [0.25, 0.3) is 0 Å². The van der Waals surface area contributed by atoms with Crippen molar-refractivity contribution in [2.75, 3.05) is 41.0 Å². The third-order valence-corrected chi connectivity index (χ3v) is 8.17. The fourth-order valence-corrected chi connectivity index (χ4v) is 6.07. The Morgan fingerprint density at radius 2 is 1.41 bits per heavy atom. The maximum atomic E-state index is 12.2. The van der Waals surface area contributed by atoms with Gasteiger partial charge in [0.05, 0.1) is 31.8 Å². The molecule has 2 saturated heterocycles. The summed E-state index contributed by atoms with van der Waals surface area (Å²) in [5.41, 5.74) is 0. The first-order valence-corrected chi connectivity index (χ1v) is 14.3. The summed E-state index contributed by atoms with van der Waals surface area (Å²) in [5, 5.41) is 69.3. The molecule has 3 fully saturated rings. The lowest BCUT2D eigenvalue weighted by molar-refractivity contribution is -0.339. The van der Waals surface area contributed by atoms with Gasteiger partial charge in [0.2, 0.25) is 11.8 Å². The van der Waals surface area contributed by atoms with Crippen molar-refractivity contribution in [1.29, 1.82) is 0 Å². The standard InChI is InChI=1S/C26H44N4O14/c1-9(33)27-15-18(36)17(35)13(8-39-5)41-24(15)43-23-12(7-32)40-25(16(20(23)38)28-10(2)34)42-22-11(6-31)21-14(19(22)37)29-26(44-21)30(3)4/h11-25,31-32,35-38H,6-8H2,1-5H3,(H,27,33)(H,28,34)/t11-,12-,13+,14-,15-,16+,17+,18+,19-,20+,21+,22-,23+,24-,25-/m0/s1. The number of methoxy groups -OCH3 is 1. The predicted molar refractivity (Wildman–Crippen MR) is 146 cm³/mol. The van der Waals surface area contributed by atoms with E-state index in [9.17, 15) is 40.2 Å². The van der Waals surface area contributed by atoms with Crippen molar-refractivity contribution in [2.24, 2.45) is 10.9 Å². The monoisotopic (exact) mass is 636 g/mol. The van der Waals surface area contributed by atoms with E-state index in [1.807, 2.05) is 0 Å². The van der Waals surface area contributed by atoms with E-state index >= 15 is 0 Å². The van der Waals surface area contributed by atoms with Gasteiger partial charge in [-0.3, -0.25) is 9.59 Å². The Hall–Kier alpha value is -2.23. The minimum atomic E-state index is -1.64. The molecule has 0 unspecified atom stereocenters. The number of aliphatic hydroxyl groups is 6. The van der Waals surface area contributed by atoms with Gasteiger partial charge in [-0.2, -0.15) is 0 Å². The number of carbonyl (C=O) groups excluding carboxylic acids is 2. The molecule has 4 aliphatic rings. The largest absolute Gasteiger partial charge is 0.459 e. The van der Waals surface area contributed by atoms with E-state index in [2.05, 4.69) is 15.6 Å². The molecule has 0 aromatic heterocycles. The number of amides is 2. The van der Waals surface area contributed by atoms with Crippen LogP contribution in [0.15, 0.2) is 4.99 Å². The summed E-state index contributed by atoms with van der Waals surface area (Å²) in [7, 11) is 4.79. The Bertz CT molecular complexity index is 1040. The van der Waals surface area contributed by atoms with Gasteiger partial charge >= 0.3 is 0 Å². The minimum absolute atomic E-state index is 0.149. The second kappa shape index (κ2) is 14.5. The molecular formula is C26H44N4O14. The smallest absolute Gasteiger partial charge is 0.287 e. The van der Waals surface area contributed by atoms with E-state index in [0.717, 1.165) is 0 Å². The molecule has 252 valence electrons. The fourth-order valence-electron chi connectivity index (χ4n) is 6.07. The highest BCUT2D eigenvalue weighted by Gasteiger charge is 2.58. The van der Waals surface area contributed by atoms with Crippen molar-refractivity contribution in [3.05, 3.63) is 0 Å². The second-order valence-corrected chi connectivity index (χ2v) is 11.6. The summed E-state index contributed by atoms with van der Waals surface area (Å²) in [6.07, 6.45) is -14.5. The summed E-state index contributed by atoms with van der Waals surface area (Å²) < 4.78 is 34.8. The molecule has 3 aliphatic heterocycles. The Morgan fingerprint density at radius 1 is 0.841 bits per heavy atom. The molecule has 2 amide bonds. The normalized spacial score (nSPS) is 43.5. The lowest BCUT2D eigenvalue weighted by atomic mass is 9.94. The Morgan fingerprint density at radius 3 is 1.93 bits per heavy atom. The summed E-state index contributed by atoms with van der Waals surface area (Å²) >= 11 is 0. The first-order valence-electron chi connectivity index (χ1n) is 14.3. The number of rotatable bonds is 10. The van der Waals surface area contributed by atoms with Crippen LogP contribution >= 0.6 is 0 Å². The maximum Gasteiger partial charge on any atom is 0.287 e. The topological polar surface area (TPSA) is 251 Å². The van der Waals surface area contributed by atoms with Crippen LogP contribution in [0.4, 0.5) is 0 Å². The SMILES string of the molecule is COC[C@H]1O[C@@H](O[C@H]2[C@H](O)[C@@H](NC(C)=O)[C@H](O[C@@H]3[C@@H](O)[C@@H]4N=C(N(C)C)O[C@@H]4[C@@H]3CO)O[C@H]2CO)[C@@H](NC(C)=O)[C@@H](O)[C@@H]1O. The number of nitrogens with zero attached hydrogens (tertiary/aromatic N) is 2. The van der Waals surface area contributed by atoms with Gasteiger partial charge in [0.1, 0.15) is 67.0 Å². The molecule has 0 radical (unpaired) electrons. The van der Waals surface area contributed by atoms with Gasteiger partial charge in [0.15, 0.2) is 12.6 Å². The van der Waals surface area contributed by atoms with Crippen LogP contribution in [0, 0.1) is 5.92 Å². The van der Waals surface area contributed by atoms with Gasteiger partial charge in [0.25, 0.3) is 6.02 Å². The second-order valence-electron chi connectivity index (χ2n) is 11.6. The molecule has 18 heteroatoms. The molecule has 3 heterocycles. The van der Waals surface area contributed by atoms with Crippen LogP contribution in [-0.4, -0.2) is 180 Å². The number of nitrogens with one attached hydrogen (secondary N) is 2. The molecule has 0 aromatic rings. The Kier molecular flexibility index (Phi) is 11.4. The van der Waals surface area contributed by atoms with Crippen LogP contribution in [-0.2, 0) is 38.0 Å². The average molecular weight is 637 g/mol.